The van der Waals surface area contributed by atoms with E-state index in [9.17, 15) is 0 Å². The third kappa shape index (κ3) is 2.32. The Bertz CT molecular complexity index is 415. The molecule has 0 radical (unpaired) electrons. The van der Waals surface area contributed by atoms with Gasteiger partial charge in [-0.1, -0.05) is 24.3 Å². The van der Waals surface area contributed by atoms with E-state index in [-0.39, 0.29) is 0 Å². The van der Waals surface area contributed by atoms with E-state index in [4.69, 9.17) is 0 Å². The average Bonchev–Trinajstić information content (AvgIpc) is 2.79. The molecule has 2 heteroatoms. The SMILES string of the molecule is Cc1ccccc1CN1CC2CCCN2CC1C. The van der Waals surface area contributed by atoms with E-state index in [2.05, 4.69) is 47.9 Å². The van der Waals surface area contributed by atoms with Gasteiger partial charge in [-0.25, -0.2) is 0 Å². The van der Waals surface area contributed by atoms with Crippen molar-refractivity contribution in [3.8, 4) is 0 Å². The van der Waals surface area contributed by atoms with Gasteiger partial charge in [0.15, 0.2) is 0 Å². The third-order valence-electron chi connectivity index (χ3n) is 4.70. The van der Waals surface area contributed by atoms with Crippen molar-refractivity contribution in [3.63, 3.8) is 0 Å². The van der Waals surface area contributed by atoms with Gasteiger partial charge in [0, 0.05) is 31.7 Å². The van der Waals surface area contributed by atoms with Gasteiger partial charge < -0.3 is 0 Å². The van der Waals surface area contributed by atoms with Gasteiger partial charge in [0.25, 0.3) is 0 Å². The van der Waals surface area contributed by atoms with Crippen LogP contribution in [0.15, 0.2) is 24.3 Å². The van der Waals surface area contributed by atoms with Crippen LogP contribution in [-0.4, -0.2) is 41.5 Å². The molecule has 1 aromatic carbocycles. The van der Waals surface area contributed by atoms with E-state index in [0.29, 0.717) is 6.04 Å². The standard InChI is InChI=1S/C16H24N2/c1-13-6-3-4-7-15(13)11-18-12-16-8-5-9-17(16)10-14(18)2/h3-4,6-7,14,16H,5,8-12H2,1-2H3. The van der Waals surface area contributed by atoms with Crippen molar-refractivity contribution in [1.82, 2.24) is 9.80 Å². The Morgan fingerprint density at radius 2 is 2.06 bits per heavy atom. The lowest BCUT2D eigenvalue weighted by Crippen LogP contribution is -2.54. The summed E-state index contributed by atoms with van der Waals surface area (Å²) in [7, 11) is 0. The Labute approximate surface area is 111 Å². The molecule has 2 nitrogen and oxygen atoms in total. The Morgan fingerprint density at radius 3 is 2.89 bits per heavy atom. The molecule has 2 unspecified atom stereocenters. The number of benzene rings is 1. The van der Waals surface area contributed by atoms with Gasteiger partial charge in [-0.05, 0) is 44.4 Å². The quantitative estimate of drug-likeness (QED) is 0.789. The van der Waals surface area contributed by atoms with Crippen molar-refractivity contribution < 1.29 is 0 Å². The normalized spacial score (nSPS) is 29.4. The molecule has 0 bridgehead atoms. The Hall–Kier alpha value is -0.860. The van der Waals surface area contributed by atoms with Crippen LogP contribution in [0, 0.1) is 6.92 Å². The zero-order chi connectivity index (χ0) is 12.5. The minimum absolute atomic E-state index is 0.693. The van der Waals surface area contributed by atoms with Crippen LogP contribution in [0.4, 0.5) is 0 Å². The highest BCUT2D eigenvalue weighted by Gasteiger charge is 2.34. The number of fused-ring (bicyclic) bond motifs is 1. The first kappa shape index (κ1) is 12.2. The molecule has 1 aromatic rings. The first-order valence-electron chi connectivity index (χ1n) is 7.26. The van der Waals surface area contributed by atoms with E-state index in [1.807, 2.05) is 0 Å². The Balaban J connectivity index is 1.71. The van der Waals surface area contributed by atoms with Crippen LogP contribution in [0.5, 0.6) is 0 Å². The summed E-state index contributed by atoms with van der Waals surface area (Å²) in [6.07, 6.45) is 2.80. The second-order valence-corrected chi connectivity index (χ2v) is 6.00. The maximum Gasteiger partial charge on any atom is 0.0240 e. The molecule has 98 valence electrons. The van der Waals surface area contributed by atoms with Crippen molar-refractivity contribution in [2.75, 3.05) is 19.6 Å². The zero-order valence-corrected chi connectivity index (χ0v) is 11.6. The fraction of sp³-hybridized carbons (Fsp3) is 0.625. The van der Waals surface area contributed by atoms with Gasteiger partial charge in [0.2, 0.25) is 0 Å². The van der Waals surface area contributed by atoms with Gasteiger partial charge >= 0.3 is 0 Å². The molecule has 2 saturated heterocycles. The number of hydrogen-bond donors (Lipinski definition) is 0. The number of rotatable bonds is 2. The summed E-state index contributed by atoms with van der Waals surface area (Å²) in [4.78, 5) is 5.37. The molecule has 0 spiro atoms. The van der Waals surface area contributed by atoms with E-state index in [1.54, 1.807) is 0 Å². The monoisotopic (exact) mass is 244 g/mol. The molecule has 2 fully saturated rings. The number of aryl methyl sites for hydroxylation is 1. The number of hydrogen-bond acceptors (Lipinski definition) is 2. The van der Waals surface area contributed by atoms with Gasteiger partial charge in [-0.15, -0.1) is 0 Å². The molecule has 0 amide bonds. The first-order valence-corrected chi connectivity index (χ1v) is 7.26. The zero-order valence-electron chi connectivity index (χ0n) is 11.6. The number of piperazine rings is 1. The Morgan fingerprint density at radius 1 is 1.22 bits per heavy atom. The van der Waals surface area contributed by atoms with Crippen molar-refractivity contribution in [2.45, 2.75) is 45.3 Å². The molecule has 0 N–H and O–H groups in total. The first-order chi connectivity index (χ1) is 8.74. The van der Waals surface area contributed by atoms with Crippen LogP contribution in [-0.2, 0) is 6.54 Å². The van der Waals surface area contributed by atoms with Crippen LogP contribution in [0.3, 0.4) is 0 Å². The van der Waals surface area contributed by atoms with Gasteiger partial charge in [-0.3, -0.25) is 9.80 Å². The summed E-state index contributed by atoms with van der Waals surface area (Å²) < 4.78 is 0. The van der Waals surface area contributed by atoms with Crippen LogP contribution < -0.4 is 0 Å². The lowest BCUT2D eigenvalue weighted by Gasteiger charge is -2.42. The lowest BCUT2D eigenvalue weighted by atomic mass is 10.0. The predicted molar refractivity (Wildman–Crippen MR) is 75.6 cm³/mol. The molecule has 18 heavy (non-hydrogen) atoms. The van der Waals surface area contributed by atoms with Gasteiger partial charge in [0.1, 0.15) is 0 Å². The summed E-state index contributed by atoms with van der Waals surface area (Å²) in [5.74, 6) is 0. The molecule has 3 rings (SSSR count). The molecular formula is C16H24N2. The van der Waals surface area contributed by atoms with E-state index >= 15 is 0 Å². The molecular weight excluding hydrogens is 220 g/mol. The molecule has 0 aliphatic carbocycles. The average molecular weight is 244 g/mol. The van der Waals surface area contributed by atoms with Gasteiger partial charge in [0.05, 0.1) is 0 Å². The maximum absolute atomic E-state index is 2.69. The fourth-order valence-corrected chi connectivity index (χ4v) is 3.47. The van der Waals surface area contributed by atoms with E-state index in [1.165, 1.54) is 43.6 Å². The topological polar surface area (TPSA) is 6.48 Å². The Kier molecular flexibility index (Phi) is 3.40. The summed E-state index contributed by atoms with van der Waals surface area (Å²) in [5, 5.41) is 0. The van der Waals surface area contributed by atoms with Crippen molar-refractivity contribution in [3.05, 3.63) is 35.4 Å². The third-order valence-corrected chi connectivity index (χ3v) is 4.70. The van der Waals surface area contributed by atoms with Crippen LogP contribution in [0.25, 0.3) is 0 Å². The molecule has 2 heterocycles. The minimum Gasteiger partial charge on any atom is -0.298 e. The molecule has 2 aliphatic heterocycles. The second kappa shape index (κ2) is 5.02. The summed E-state index contributed by atoms with van der Waals surface area (Å²) in [6.45, 7) is 9.58. The summed E-state index contributed by atoms with van der Waals surface area (Å²) in [6, 6.07) is 10.3. The van der Waals surface area contributed by atoms with Crippen LogP contribution in [0.1, 0.15) is 30.9 Å². The summed E-state index contributed by atoms with van der Waals surface area (Å²) >= 11 is 0. The van der Waals surface area contributed by atoms with Crippen molar-refractivity contribution >= 4 is 0 Å². The van der Waals surface area contributed by atoms with Gasteiger partial charge in [-0.2, -0.15) is 0 Å². The highest BCUT2D eigenvalue weighted by atomic mass is 15.3. The smallest absolute Gasteiger partial charge is 0.0240 e. The largest absolute Gasteiger partial charge is 0.298 e. The minimum atomic E-state index is 0.693. The van der Waals surface area contributed by atoms with Crippen molar-refractivity contribution in [1.29, 1.82) is 0 Å². The predicted octanol–water partition coefficient (Wildman–Crippen LogP) is 2.66. The van der Waals surface area contributed by atoms with E-state index < -0.39 is 0 Å². The maximum atomic E-state index is 2.69. The fourth-order valence-electron chi connectivity index (χ4n) is 3.47. The second-order valence-electron chi connectivity index (χ2n) is 6.00. The number of nitrogens with zero attached hydrogens (tertiary/aromatic N) is 2. The van der Waals surface area contributed by atoms with Crippen molar-refractivity contribution in [2.24, 2.45) is 0 Å². The summed E-state index contributed by atoms with van der Waals surface area (Å²) in [5.41, 5.74) is 2.93. The highest BCUT2D eigenvalue weighted by Crippen LogP contribution is 2.26. The van der Waals surface area contributed by atoms with E-state index in [0.717, 1.165) is 12.6 Å². The highest BCUT2D eigenvalue weighted by molar-refractivity contribution is 5.25. The van der Waals surface area contributed by atoms with Crippen LogP contribution in [0.2, 0.25) is 0 Å². The lowest BCUT2D eigenvalue weighted by molar-refractivity contribution is 0.0539. The molecule has 2 aliphatic rings. The molecule has 0 aromatic heterocycles. The van der Waals surface area contributed by atoms with Crippen LogP contribution >= 0.6 is 0 Å². The molecule has 0 saturated carbocycles. The molecule has 2 atom stereocenters.